The van der Waals surface area contributed by atoms with Gasteiger partial charge >= 0.3 is 0 Å². The van der Waals surface area contributed by atoms with Crippen LogP contribution in [-0.2, 0) is 4.74 Å². The molecule has 0 radical (unpaired) electrons. The van der Waals surface area contributed by atoms with Crippen LogP contribution in [0.15, 0.2) is 15.9 Å². The molecule has 3 nitrogen and oxygen atoms in total. The number of anilines is 1. The monoisotopic (exact) mass is 290 g/mol. The lowest BCUT2D eigenvalue weighted by Crippen LogP contribution is -2.54. The third-order valence-electron chi connectivity index (χ3n) is 2.75. The number of hydrogen-bond donors (Lipinski definition) is 1. The van der Waals surface area contributed by atoms with E-state index in [0.29, 0.717) is 6.54 Å². The van der Waals surface area contributed by atoms with Crippen molar-refractivity contribution in [1.29, 1.82) is 0 Å². The maximum Gasteiger partial charge on any atom is 0.0917 e. The van der Waals surface area contributed by atoms with Crippen molar-refractivity contribution >= 4 is 32.3 Å². The molecular weight excluding hydrogens is 276 g/mol. The lowest BCUT2D eigenvalue weighted by molar-refractivity contribution is -0.101. The number of nitrogens with zero attached hydrogens (tertiary/aromatic N) is 1. The van der Waals surface area contributed by atoms with Crippen molar-refractivity contribution in [3.8, 4) is 0 Å². The second-order valence-corrected chi connectivity index (χ2v) is 5.96. The van der Waals surface area contributed by atoms with Crippen molar-refractivity contribution in [2.45, 2.75) is 0 Å². The Morgan fingerprint density at radius 2 is 2.40 bits per heavy atom. The van der Waals surface area contributed by atoms with Crippen LogP contribution in [0.4, 0.5) is 5.00 Å². The smallest absolute Gasteiger partial charge is 0.0917 e. The molecule has 0 aliphatic carbocycles. The van der Waals surface area contributed by atoms with E-state index in [4.69, 9.17) is 10.5 Å². The molecule has 1 aromatic heterocycles. The van der Waals surface area contributed by atoms with E-state index >= 15 is 0 Å². The molecule has 2 rings (SSSR count). The van der Waals surface area contributed by atoms with E-state index in [2.05, 4.69) is 39.3 Å². The lowest BCUT2D eigenvalue weighted by Gasteiger charge is -2.43. The van der Waals surface area contributed by atoms with Crippen LogP contribution in [0, 0.1) is 5.41 Å². The molecule has 0 spiro atoms. The Morgan fingerprint density at radius 1 is 1.67 bits per heavy atom. The van der Waals surface area contributed by atoms with Gasteiger partial charge in [-0.3, -0.25) is 0 Å². The molecule has 5 heteroatoms. The highest BCUT2D eigenvalue weighted by atomic mass is 79.9. The number of halogens is 1. The van der Waals surface area contributed by atoms with Crippen LogP contribution < -0.4 is 10.6 Å². The summed E-state index contributed by atoms with van der Waals surface area (Å²) < 4.78 is 6.40. The molecule has 1 aliphatic rings. The Kier molecular flexibility index (Phi) is 3.35. The zero-order chi connectivity index (χ0) is 10.9. The van der Waals surface area contributed by atoms with E-state index in [1.54, 1.807) is 11.3 Å². The van der Waals surface area contributed by atoms with Crippen LogP contribution in [0.3, 0.4) is 0 Å². The average Bonchev–Trinajstić information content (AvgIpc) is 2.58. The molecule has 0 bridgehead atoms. The summed E-state index contributed by atoms with van der Waals surface area (Å²) in [5.74, 6) is 0. The van der Waals surface area contributed by atoms with Gasteiger partial charge in [-0.1, -0.05) is 0 Å². The van der Waals surface area contributed by atoms with Crippen molar-refractivity contribution in [3.05, 3.63) is 15.9 Å². The topological polar surface area (TPSA) is 38.5 Å². The summed E-state index contributed by atoms with van der Waals surface area (Å²) >= 11 is 5.20. The Morgan fingerprint density at radius 3 is 2.80 bits per heavy atom. The summed E-state index contributed by atoms with van der Waals surface area (Å²) in [6.45, 7) is 3.25. The average molecular weight is 291 g/mol. The van der Waals surface area contributed by atoms with Crippen LogP contribution in [0.2, 0.25) is 0 Å². The van der Waals surface area contributed by atoms with E-state index in [1.807, 2.05) is 0 Å². The second kappa shape index (κ2) is 4.41. The number of nitrogens with two attached hydrogens (primary N) is 1. The van der Waals surface area contributed by atoms with E-state index in [9.17, 15) is 0 Å². The summed E-state index contributed by atoms with van der Waals surface area (Å²) in [6.07, 6.45) is 0. The Hall–Kier alpha value is -0.100. The first-order valence-electron chi connectivity index (χ1n) is 4.88. The number of rotatable bonds is 4. The third kappa shape index (κ3) is 2.36. The zero-order valence-corrected chi connectivity index (χ0v) is 11.1. The van der Waals surface area contributed by atoms with Crippen molar-refractivity contribution in [3.63, 3.8) is 0 Å². The van der Waals surface area contributed by atoms with Crippen molar-refractivity contribution in [2.24, 2.45) is 11.1 Å². The van der Waals surface area contributed by atoms with Gasteiger partial charge < -0.3 is 15.4 Å². The highest BCUT2D eigenvalue weighted by molar-refractivity contribution is 9.10. The molecule has 1 aliphatic heterocycles. The van der Waals surface area contributed by atoms with Gasteiger partial charge in [-0.15, -0.1) is 11.3 Å². The molecule has 0 amide bonds. The highest BCUT2D eigenvalue weighted by Gasteiger charge is 2.38. The maximum absolute atomic E-state index is 5.79. The number of ether oxygens (including phenoxy) is 1. The minimum Gasteiger partial charge on any atom is -0.380 e. The van der Waals surface area contributed by atoms with E-state index < -0.39 is 0 Å². The second-order valence-electron chi connectivity index (χ2n) is 4.16. The fourth-order valence-electron chi connectivity index (χ4n) is 1.75. The maximum atomic E-state index is 5.79. The highest BCUT2D eigenvalue weighted by Crippen LogP contribution is 2.32. The fraction of sp³-hybridized carbons (Fsp3) is 0.600. The summed E-state index contributed by atoms with van der Waals surface area (Å²) in [4.78, 5) is 2.25. The molecule has 0 saturated carbocycles. The van der Waals surface area contributed by atoms with Gasteiger partial charge in [-0.05, 0) is 22.0 Å². The van der Waals surface area contributed by atoms with Gasteiger partial charge in [-0.25, -0.2) is 0 Å². The summed E-state index contributed by atoms with van der Waals surface area (Å²) in [5.41, 5.74) is 5.96. The molecule has 1 aromatic rings. The largest absolute Gasteiger partial charge is 0.380 e. The predicted octanol–water partition coefficient (Wildman–Crippen LogP) is 1.92. The molecule has 15 heavy (non-hydrogen) atoms. The van der Waals surface area contributed by atoms with Gasteiger partial charge in [-0.2, -0.15) is 0 Å². The Bertz CT molecular complexity index is 332. The van der Waals surface area contributed by atoms with Crippen molar-refractivity contribution < 1.29 is 4.74 Å². The van der Waals surface area contributed by atoms with Gasteiger partial charge in [0, 0.05) is 35.4 Å². The fourth-order valence-corrected chi connectivity index (χ4v) is 3.14. The van der Waals surface area contributed by atoms with E-state index in [-0.39, 0.29) is 5.41 Å². The van der Waals surface area contributed by atoms with Crippen LogP contribution in [-0.4, -0.2) is 33.4 Å². The summed E-state index contributed by atoms with van der Waals surface area (Å²) in [6, 6.07) is 2.13. The summed E-state index contributed by atoms with van der Waals surface area (Å²) in [5, 5.41) is 3.36. The van der Waals surface area contributed by atoms with E-state index in [0.717, 1.165) is 24.2 Å². The molecule has 0 atom stereocenters. The van der Waals surface area contributed by atoms with E-state index in [1.165, 1.54) is 5.00 Å². The first kappa shape index (κ1) is 11.4. The van der Waals surface area contributed by atoms with Gasteiger partial charge in [0.15, 0.2) is 0 Å². The normalized spacial score (nSPS) is 18.6. The summed E-state index contributed by atoms with van der Waals surface area (Å²) in [7, 11) is 2.11. The Labute approximate surface area is 102 Å². The van der Waals surface area contributed by atoms with Crippen molar-refractivity contribution in [1.82, 2.24) is 0 Å². The first-order valence-corrected chi connectivity index (χ1v) is 6.55. The van der Waals surface area contributed by atoms with Crippen LogP contribution in [0.5, 0.6) is 0 Å². The molecule has 2 heterocycles. The Balaban J connectivity index is 1.99. The molecular formula is C10H15BrN2OS. The van der Waals surface area contributed by atoms with Gasteiger partial charge in [0.25, 0.3) is 0 Å². The SMILES string of the molecule is CN(CC1(CN)COC1)c1cc(Br)cs1. The quantitative estimate of drug-likeness (QED) is 0.921. The van der Waals surface area contributed by atoms with Crippen molar-refractivity contribution in [2.75, 3.05) is 38.3 Å². The molecule has 84 valence electrons. The predicted molar refractivity (Wildman–Crippen MR) is 67.6 cm³/mol. The minimum atomic E-state index is 0.172. The molecule has 1 saturated heterocycles. The standard InChI is InChI=1S/C10H15BrN2OS/c1-13(9-2-8(11)3-15-9)5-10(4-12)6-14-7-10/h2-3H,4-7,12H2,1H3. The third-order valence-corrected chi connectivity index (χ3v) is 4.56. The van der Waals surface area contributed by atoms with Gasteiger partial charge in [0.05, 0.1) is 18.2 Å². The molecule has 2 N–H and O–H groups in total. The number of thiophene rings is 1. The minimum absolute atomic E-state index is 0.172. The van der Waals surface area contributed by atoms with Gasteiger partial charge in [0.2, 0.25) is 0 Å². The lowest BCUT2D eigenvalue weighted by atomic mass is 9.85. The molecule has 0 unspecified atom stereocenters. The first-order chi connectivity index (χ1) is 7.15. The number of hydrogen-bond acceptors (Lipinski definition) is 4. The van der Waals surface area contributed by atoms with Gasteiger partial charge in [0.1, 0.15) is 0 Å². The van der Waals surface area contributed by atoms with Crippen LogP contribution in [0.25, 0.3) is 0 Å². The zero-order valence-electron chi connectivity index (χ0n) is 8.70. The molecule has 0 aromatic carbocycles. The molecule has 1 fully saturated rings. The van der Waals surface area contributed by atoms with Crippen LogP contribution >= 0.6 is 27.3 Å². The van der Waals surface area contributed by atoms with Crippen LogP contribution in [0.1, 0.15) is 0 Å².